The van der Waals surface area contributed by atoms with Gasteiger partial charge in [-0.3, -0.25) is 4.79 Å². The molecule has 1 heterocycles. The Morgan fingerprint density at radius 2 is 1.89 bits per heavy atom. The van der Waals surface area contributed by atoms with Crippen LogP contribution < -0.4 is 0 Å². The summed E-state index contributed by atoms with van der Waals surface area (Å²) in [6.07, 6.45) is 3.77. The minimum atomic E-state index is -0.659. The zero-order valence-corrected chi connectivity index (χ0v) is 11.3. The van der Waals surface area contributed by atoms with E-state index in [2.05, 4.69) is 31.2 Å². The highest BCUT2D eigenvalue weighted by Gasteiger charge is 2.68. The smallest absolute Gasteiger partial charge is 0.310 e. The number of benzene rings is 1. The lowest BCUT2D eigenvalue weighted by atomic mass is 9.66. The predicted octanol–water partition coefficient (Wildman–Crippen LogP) is 2.77. The Balaban J connectivity index is 1.92. The van der Waals surface area contributed by atoms with Crippen LogP contribution in [0.25, 0.3) is 0 Å². The van der Waals surface area contributed by atoms with E-state index in [9.17, 15) is 9.90 Å². The van der Waals surface area contributed by atoms with Gasteiger partial charge in [-0.15, -0.1) is 0 Å². The molecule has 1 aliphatic heterocycles. The molecule has 0 aromatic heterocycles. The van der Waals surface area contributed by atoms with E-state index < -0.39 is 11.4 Å². The van der Waals surface area contributed by atoms with Crippen LogP contribution in [0, 0.1) is 5.41 Å². The second kappa shape index (κ2) is 4.34. The molecule has 1 saturated carbocycles. The number of aliphatic carboxylic acids is 1. The number of carbonyl (C=O) groups is 1. The van der Waals surface area contributed by atoms with Crippen LogP contribution >= 0.6 is 0 Å². The van der Waals surface area contributed by atoms with Crippen molar-refractivity contribution >= 4 is 5.97 Å². The Hall–Kier alpha value is -1.35. The van der Waals surface area contributed by atoms with Crippen molar-refractivity contribution < 1.29 is 14.6 Å². The minimum absolute atomic E-state index is 0.288. The quantitative estimate of drug-likeness (QED) is 0.885. The second-order valence-electron chi connectivity index (χ2n) is 5.91. The monoisotopic (exact) mass is 260 g/mol. The molecule has 1 saturated heterocycles. The van der Waals surface area contributed by atoms with Gasteiger partial charge in [-0.1, -0.05) is 37.6 Å². The van der Waals surface area contributed by atoms with E-state index in [0.29, 0.717) is 13.2 Å². The van der Waals surface area contributed by atoms with Gasteiger partial charge in [-0.05, 0) is 30.4 Å². The normalized spacial score (nSPS) is 22.6. The van der Waals surface area contributed by atoms with Crippen molar-refractivity contribution in [3.8, 4) is 0 Å². The maximum absolute atomic E-state index is 11.6. The van der Waals surface area contributed by atoms with Crippen LogP contribution in [0.15, 0.2) is 24.3 Å². The Morgan fingerprint density at radius 1 is 1.26 bits per heavy atom. The van der Waals surface area contributed by atoms with E-state index in [1.54, 1.807) is 0 Å². The van der Waals surface area contributed by atoms with Gasteiger partial charge in [-0.2, -0.15) is 0 Å². The summed E-state index contributed by atoms with van der Waals surface area (Å²) in [6.45, 7) is 3.26. The van der Waals surface area contributed by atoms with Gasteiger partial charge < -0.3 is 9.84 Å². The van der Waals surface area contributed by atoms with E-state index in [1.165, 1.54) is 5.56 Å². The molecular weight excluding hydrogens is 240 g/mol. The van der Waals surface area contributed by atoms with Gasteiger partial charge >= 0.3 is 5.97 Å². The van der Waals surface area contributed by atoms with E-state index in [1.807, 2.05) is 0 Å². The van der Waals surface area contributed by atoms with Gasteiger partial charge in [0.25, 0.3) is 0 Å². The first kappa shape index (κ1) is 12.7. The van der Waals surface area contributed by atoms with Crippen molar-refractivity contribution in [3.63, 3.8) is 0 Å². The van der Waals surface area contributed by atoms with Crippen molar-refractivity contribution in [3.05, 3.63) is 35.4 Å². The first-order chi connectivity index (χ1) is 9.14. The van der Waals surface area contributed by atoms with E-state index in [4.69, 9.17) is 4.74 Å². The number of hydrogen-bond donors (Lipinski definition) is 1. The predicted molar refractivity (Wildman–Crippen MR) is 72.2 cm³/mol. The van der Waals surface area contributed by atoms with Crippen molar-refractivity contribution in [1.29, 1.82) is 0 Å². The molecule has 0 amide bonds. The third-order valence-electron chi connectivity index (χ3n) is 4.82. The third-order valence-corrected chi connectivity index (χ3v) is 4.82. The van der Waals surface area contributed by atoms with Gasteiger partial charge in [0.1, 0.15) is 0 Å². The second-order valence-corrected chi connectivity index (χ2v) is 5.91. The Morgan fingerprint density at radius 3 is 2.26 bits per heavy atom. The van der Waals surface area contributed by atoms with E-state index in [-0.39, 0.29) is 5.41 Å². The molecule has 3 rings (SSSR count). The minimum Gasteiger partial charge on any atom is -0.481 e. The molecule has 0 bridgehead atoms. The van der Waals surface area contributed by atoms with E-state index >= 15 is 0 Å². The molecule has 1 N–H and O–H groups in total. The van der Waals surface area contributed by atoms with Crippen molar-refractivity contribution in [1.82, 2.24) is 0 Å². The van der Waals surface area contributed by atoms with Crippen LogP contribution in [-0.4, -0.2) is 24.3 Å². The number of rotatable bonds is 5. The zero-order chi connectivity index (χ0) is 13.5. The third kappa shape index (κ3) is 1.71. The van der Waals surface area contributed by atoms with E-state index in [0.717, 1.165) is 31.2 Å². The SMILES string of the molecule is CCCc1ccc(C2(C3(C(=O)O)CC3)COC2)cc1. The summed E-state index contributed by atoms with van der Waals surface area (Å²) in [4.78, 5) is 11.6. The summed E-state index contributed by atoms with van der Waals surface area (Å²) in [5, 5.41) is 9.55. The van der Waals surface area contributed by atoms with Crippen LogP contribution in [0.1, 0.15) is 37.3 Å². The molecule has 1 aliphatic carbocycles. The molecule has 0 atom stereocenters. The molecule has 102 valence electrons. The fourth-order valence-corrected chi connectivity index (χ4v) is 3.33. The highest BCUT2D eigenvalue weighted by atomic mass is 16.5. The summed E-state index contributed by atoms with van der Waals surface area (Å²) < 4.78 is 5.38. The number of carboxylic acid groups (broad SMARTS) is 1. The van der Waals surface area contributed by atoms with Crippen LogP contribution in [0.5, 0.6) is 0 Å². The number of hydrogen-bond acceptors (Lipinski definition) is 2. The number of ether oxygens (including phenoxy) is 1. The average Bonchev–Trinajstić information content (AvgIpc) is 3.12. The fraction of sp³-hybridized carbons (Fsp3) is 0.562. The van der Waals surface area contributed by atoms with Crippen LogP contribution in [-0.2, 0) is 21.4 Å². The zero-order valence-electron chi connectivity index (χ0n) is 11.3. The summed E-state index contributed by atoms with van der Waals surface area (Å²) in [7, 11) is 0. The fourth-order valence-electron chi connectivity index (χ4n) is 3.33. The maximum atomic E-state index is 11.6. The largest absolute Gasteiger partial charge is 0.481 e. The van der Waals surface area contributed by atoms with Crippen molar-refractivity contribution in [2.45, 2.75) is 38.0 Å². The molecule has 0 spiro atoms. The molecule has 1 aromatic carbocycles. The molecule has 2 aliphatic rings. The molecule has 3 nitrogen and oxygen atoms in total. The molecule has 0 unspecified atom stereocenters. The first-order valence-corrected chi connectivity index (χ1v) is 7.05. The van der Waals surface area contributed by atoms with Gasteiger partial charge in [0, 0.05) is 0 Å². The van der Waals surface area contributed by atoms with Gasteiger partial charge in [0.05, 0.1) is 24.0 Å². The average molecular weight is 260 g/mol. The van der Waals surface area contributed by atoms with Crippen LogP contribution in [0.2, 0.25) is 0 Å². The maximum Gasteiger partial charge on any atom is 0.310 e. The Kier molecular flexibility index (Phi) is 2.90. The van der Waals surface area contributed by atoms with Crippen LogP contribution in [0.4, 0.5) is 0 Å². The Bertz CT molecular complexity index is 481. The lowest BCUT2D eigenvalue weighted by molar-refractivity contribution is -0.161. The molecule has 3 heteroatoms. The summed E-state index contributed by atoms with van der Waals surface area (Å²) in [5.41, 5.74) is 1.60. The molecule has 1 aromatic rings. The summed E-state index contributed by atoms with van der Waals surface area (Å²) in [5.74, 6) is -0.659. The first-order valence-electron chi connectivity index (χ1n) is 7.05. The lowest BCUT2D eigenvalue weighted by Gasteiger charge is -2.46. The topological polar surface area (TPSA) is 46.5 Å². The molecule has 2 fully saturated rings. The number of carboxylic acids is 1. The van der Waals surface area contributed by atoms with Gasteiger partial charge in [-0.25, -0.2) is 0 Å². The highest BCUT2D eigenvalue weighted by Crippen LogP contribution is 2.62. The van der Waals surface area contributed by atoms with Crippen molar-refractivity contribution in [2.24, 2.45) is 5.41 Å². The molecule has 19 heavy (non-hydrogen) atoms. The molecular formula is C16H20O3. The summed E-state index contributed by atoms with van der Waals surface area (Å²) in [6, 6.07) is 8.49. The Labute approximate surface area is 113 Å². The number of aryl methyl sites for hydroxylation is 1. The van der Waals surface area contributed by atoms with Crippen LogP contribution in [0.3, 0.4) is 0 Å². The highest BCUT2D eigenvalue weighted by molar-refractivity contribution is 5.81. The standard InChI is InChI=1S/C16H20O3/c1-2-3-12-4-6-13(7-5-12)16(10-19-11-16)15(8-9-15)14(17)18/h4-7H,2-3,8-11H2,1H3,(H,17,18). The van der Waals surface area contributed by atoms with Gasteiger partial charge in [0.15, 0.2) is 0 Å². The molecule has 0 radical (unpaired) electrons. The summed E-state index contributed by atoms with van der Waals surface area (Å²) >= 11 is 0. The van der Waals surface area contributed by atoms with Crippen molar-refractivity contribution in [2.75, 3.05) is 13.2 Å². The lowest BCUT2D eigenvalue weighted by Crippen LogP contribution is -2.56. The van der Waals surface area contributed by atoms with Gasteiger partial charge in [0.2, 0.25) is 0 Å².